The molecule has 0 amide bonds. The van der Waals surface area contributed by atoms with E-state index in [0.29, 0.717) is 0 Å². The molecule has 1 saturated carbocycles. The summed E-state index contributed by atoms with van der Waals surface area (Å²) in [5, 5.41) is 4.75. The summed E-state index contributed by atoms with van der Waals surface area (Å²) < 4.78 is 0. The summed E-state index contributed by atoms with van der Waals surface area (Å²) in [7, 11) is 0. The first-order chi connectivity index (χ1) is 6.34. The van der Waals surface area contributed by atoms with Crippen LogP contribution in [0.5, 0.6) is 0 Å². The average Bonchev–Trinajstić information content (AvgIpc) is 2.62. The third-order valence-electron chi connectivity index (χ3n) is 2.73. The molecule has 1 atom stereocenters. The Morgan fingerprint density at radius 1 is 1.38 bits per heavy atom. The topological polar surface area (TPSA) is 24.4 Å². The van der Waals surface area contributed by atoms with E-state index in [2.05, 4.69) is 17.2 Å². The molecule has 0 bridgehead atoms. The van der Waals surface area contributed by atoms with Crippen molar-refractivity contribution < 1.29 is 0 Å². The fourth-order valence-corrected chi connectivity index (χ4v) is 2.85. The van der Waals surface area contributed by atoms with E-state index in [-0.39, 0.29) is 0 Å². The summed E-state index contributed by atoms with van der Waals surface area (Å²) in [6.45, 7) is 3.28. The maximum Gasteiger partial charge on any atom is 0.156 e. The molecule has 1 aliphatic carbocycles. The highest BCUT2D eigenvalue weighted by Crippen LogP contribution is 2.21. The molecular weight excluding hydrogens is 180 g/mol. The van der Waals surface area contributed by atoms with E-state index >= 15 is 0 Å². The van der Waals surface area contributed by atoms with Crippen molar-refractivity contribution in [2.24, 2.45) is 10.9 Å². The number of thioether (sulfide) groups is 1. The van der Waals surface area contributed by atoms with Crippen molar-refractivity contribution in [3.8, 4) is 0 Å². The molecule has 2 nitrogen and oxygen atoms in total. The van der Waals surface area contributed by atoms with Crippen LogP contribution in [0.2, 0.25) is 0 Å². The Labute approximate surface area is 84.6 Å². The van der Waals surface area contributed by atoms with Crippen LogP contribution in [0, 0.1) is 5.92 Å². The van der Waals surface area contributed by atoms with Gasteiger partial charge in [0.2, 0.25) is 0 Å². The predicted octanol–water partition coefficient (Wildman–Crippen LogP) is 2.26. The van der Waals surface area contributed by atoms with Crippen molar-refractivity contribution in [3.05, 3.63) is 0 Å². The molecule has 0 radical (unpaired) electrons. The number of nitrogens with zero attached hydrogens (tertiary/aromatic N) is 1. The lowest BCUT2D eigenvalue weighted by Gasteiger charge is -2.20. The van der Waals surface area contributed by atoms with Crippen molar-refractivity contribution in [3.63, 3.8) is 0 Å². The third kappa shape index (κ3) is 2.63. The molecule has 13 heavy (non-hydrogen) atoms. The summed E-state index contributed by atoms with van der Waals surface area (Å²) in [5.74, 6) is 2.00. The lowest BCUT2D eigenvalue weighted by molar-refractivity contribution is 0.621. The molecule has 0 spiro atoms. The van der Waals surface area contributed by atoms with E-state index in [1.54, 1.807) is 0 Å². The van der Waals surface area contributed by atoms with E-state index in [9.17, 15) is 0 Å². The van der Waals surface area contributed by atoms with Crippen LogP contribution >= 0.6 is 11.8 Å². The smallest absolute Gasteiger partial charge is 0.156 e. The number of amidine groups is 1. The van der Waals surface area contributed by atoms with Crippen LogP contribution < -0.4 is 5.32 Å². The second-order valence-corrected chi connectivity index (χ2v) is 5.20. The maximum atomic E-state index is 4.54. The molecule has 1 unspecified atom stereocenters. The zero-order valence-corrected chi connectivity index (χ0v) is 9.07. The largest absolute Gasteiger partial charge is 0.362 e. The first kappa shape index (κ1) is 9.38. The van der Waals surface area contributed by atoms with Gasteiger partial charge >= 0.3 is 0 Å². The van der Waals surface area contributed by atoms with Crippen LogP contribution in [0.1, 0.15) is 32.6 Å². The molecule has 1 N–H and O–H groups in total. The molecule has 1 fully saturated rings. The quantitative estimate of drug-likeness (QED) is 0.699. The van der Waals surface area contributed by atoms with E-state index in [4.69, 9.17) is 0 Å². The molecule has 2 aliphatic rings. The second kappa shape index (κ2) is 4.36. The Balaban J connectivity index is 1.80. The van der Waals surface area contributed by atoms with E-state index in [1.165, 1.54) is 36.6 Å². The molecule has 0 saturated heterocycles. The van der Waals surface area contributed by atoms with Crippen molar-refractivity contribution in [1.29, 1.82) is 0 Å². The first-order valence-corrected chi connectivity index (χ1v) is 6.27. The molecule has 1 heterocycles. The molecule has 74 valence electrons. The van der Waals surface area contributed by atoms with E-state index in [0.717, 1.165) is 18.5 Å². The predicted molar refractivity (Wildman–Crippen MR) is 59.3 cm³/mol. The number of aliphatic imine (C=N–C) groups is 1. The van der Waals surface area contributed by atoms with E-state index in [1.807, 2.05) is 11.8 Å². The molecule has 0 aromatic rings. The van der Waals surface area contributed by atoms with Gasteiger partial charge in [0.25, 0.3) is 0 Å². The van der Waals surface area contributed by atoms with Crippen LogP contribution in [0.25, 0.3) is 0 Å². The van der Waals surface area contributed by atoms with Crippen LogP contribution in [-0.4, -0.2) is 23.5 Å². The molecular formula is C10H18N2S. The average molecular weight is 198 g/mol. The Bertz CT molecular complexity index is 197. The first-order valence-electron chi connectivity index (χ1n) is 5.28. The molecule has 2 rings (SSSR count). The summed E-state index contributed by atoms with van der Waals surface area (Å²) in [4.78, 5) is 4.54. The van der Waals surface area contributed by atoms with Crippen molar-refractivity contribution in [2.45, 2.75) is 38.6 Å². The van der Waals surface area contributed by atoms with Gasteiger partial charge in [-0.1, -0.05) is 31.5 Å². The van der Waals surface area contributed by atoms with Gasteiger partial charge in [0, 0.05) is 18.3 Å². The highest BCUT2D eigenvalue weighted by atomic mass is 32.2. The van der Waals surface area contributed by atoms with Crippen LogP contribution in [0.3, 0.4) is 0 Å². The Hall–Kier alpha value is -0.180. The lowest BCUT2D eigenvalue weighted by Crippen LogP contribution is -2.33. The van der Waals surface area contributed by atoms with Crippen molar-refractivity contribution in [1.82, 2.24) is 5.32 Å². The summed E-state index contributed by atoms with van der Waals surface area (Å²) in [6, 6.07) is 0.722. The zero-order valence-electron chi connectivity index (χ0n) is 8.25. The molecule has 0 aromatic heterocycles. The Morgan fingerprint density at radius 2 is 2.15 bits per heavy atom. The van der Waals surface area contributed by atoms with Crippen molar-refractivity contribution in [2.75, 3.05) is 12.3 Å². The van der Waals surface area contributed by atoms with Gasteiger partial charge in [-0.15, -0.1) is 0 Å². The molecule has 1 aliphatic heterocycles. The van der Waals surface area contributed by atoms with Crippen molar-refractivity contribution >= 4 is 16.9 Å². The van der Waals surface area contributed by atoms with Gasteiger partial charge in [-0.3, -0.25) is 4.99 Å². The van der Waals surface area contributed by atoms with Crippen LogP contribution in [0.15, 0.2) is 4.99 Å². The van der Waals surface area contributed by atoms with Crippen LogP contribution in [0.4, 0.5) is 0 Å². The van der Waals surface area contributed by atoms with Gasteiger partial charge < -0.3 is 5.32 Å². The fourth-order valence-electron chi connectivity index (χ4n) is 1.89. The summed E-state index contributed by atoms with van der Waals surface area (Å²) in [6.07, 6.45) is 5.47. The van der Waals surface area contributed by atoms with Crippen LogP contribution in [-0.2, 0) is 0 Å². The van der Waals surface area contributed by atoms with Gasteiger partial charge in [-0.25, -0.2) is 0 Å². The normalized spacial score (nSPS) is 30.2. The Morgan fingerprint density at radius 3 is 2.77 bits per heavy atom. The minimum absolute atomic E-state index is 0.722. The van der Waals surface area contributed by atoms with Gasteiger partial charge in [0.1, 0.15) is 0 Å². The van der Waals surface area contributed by atoms with Gasteiger partial charge in [-0.2, -0.15) is 0 Å². The minimum Gasteiger partial charge on any atom is -0.362 e. The summed E-state index contributed by atoms with van der Waals surface area (Å²) >= 11 is 1.90. The highest BCUT2D eigenvalue weighted by molar-refractivity contribution is 8.13. The lowest BCUT2D eigenvalue weighted by atomic mass is 10.2. The van der Waals surface area contributed by atoms with Gasteiger partial charge in [0.15, 0.2) is 5.17 Å². The SMILES string of the molecule is CC1CN=C(NC2CCCC2)SC1. The summed E-state index contributed by atoms with van der Waals surface area (Å²) in [5.41, 5.74) is 0. The molecule has 3 heteroatoms. The second-order valence-electron chi connectivity index (χ2n) is 4.19. The third-order valence-corrected chi connectivity index (χ3v) is 3.99. The fraction of sp³-hybridized carbons (Fsp3) is 0.900. The standard InChI is InChI=1S/C10H18N2S/c1-8-6-11-10(13-7-8)12-9-4-2-3-5-9/h8-9H,2-7H2,1H3,(H,11,12). The number of nitrogens with one attached hydrogen (secondary N) is 1. The molecule has 0 aromatic carbocycles. The monoisotopic (exact) mass is 198 g/mol. The van der Waals surface area contributed by atoms with Gasteiger partial charge in [-0.05, 0) is 18.8 Å². The van der Waals surface area contributed by atoms with E-state index < -0.39 is 0 Å². The highest BCUT2D eigenvalue weighted by Gasteiger charge is 2.18. The number of hydrogen-bond acceptors (Lipinski definition) is 3. The number of hydrogen-bond donors (Lipinski definition) is 1. The number of rotatable bonds is 1. The maximum absolute atomic E-state index is 4.54. The minimum atomic E-state index is 0.722. The Kier molecular flexibility index (Phi) is 3.14. The zero-order chi connectivity index (χ0) is 9.10. The van der Waals surface area contributed by atoms with Gasteiger partial charge in [0.05, 0.1) is 0 Å².